The molecule has 0 saturated heterocycles. The molecular weight excluding hydrogens is 677 g/mol. The highest BCUT2D eigenvalue weighted by Gasteiger charge is 2.22. The Morgan fingerprint density at radius 3 is 1.66 bits per heavy atom. The molecule has 0 aliphatic heterocycles. The Kier molecular flexibility index (Phi) is 7.63. The van der Waals surface area contributed by atoms with Gasteiger partial charge in [-0.05, 0) is 157 Å². The number of aryl methyl sites for hydroxylation is 4. The molecule has 0 spiro atoms. The summed E-state index contributed by atoms with van der Waals surface area (Å²) in [5, 5.41) is 12.4. The lowest BCUT2D eigenvalue weighted by atomic mass is 9.82. The number of hydrogen-bond acceptors (Lipinski definition) is 2. The highest BCUT2D eigenvalue weighted by molar-refractivity contribution is 6.23. The molecule has 0 fully saturated rings. The standard InChI is InChI=1S/C54H40N2/c55-54-48-18-10-9-17-47(48)53(49-33-37-13-7-8-14-38(37)34-50(49)54)43-29-39-23-25-41-31-46(32-42-26-24-40(30-43)51(39)52(41)42)56(44-15-5-2-6-16-44)45-27-21-36(22-28-45)20-19-35-11-3-1-4-12-35/h1-18,21-23,25,27-34H,19-20,24,26,55H2. The molecule has 56 heavy (non-hydrogen) atoms. The fraction of sp³-hybridized carbons (Fsp3) is 0.0741. The number of rotatable bonds is 7. The minimum absolute atomic E-state index is 0.849. The van der Waals surface area contributed by atoms with Crippen LogP contribution in [0.5, 0.6) is 0 Å². The van der Waals surface area contributed by atoms with E-state index in [1.807, 2.05) is 0 Å². The van der Waals surface area contributed by atoms with E-state index in [1.165, 1.54) is 87.8 Å². The zero-order valence-electron chi connectivity index (χ0n) is 31.2. The zero-order valence-corrected chi connectivity index (χ0v) is 31.2. The summed E-state index contributed by atoms with van der Waals surface area (Å²) in [6.07, 6.45) is 4.05. The largest absolute Gasteiger partial charge is 0.398 e. The van der Waals surface area contributed by atoms with Crippen LogP contribution >= 0.6 is 0 Å². The van der Waals surface area contributed by atoms with Gasteiger partial charge in [-0.1, -0.05) is 127 Å². The van der Waals surface area contributed by atoms with Crippen LogP contribution in [0.25, 0.3) is 65.0 Å². The summed E-state index contributed by atoms with van der Waals surface area (Å²) in [6, 6.07) is 67.0. The average Bonchev–Trinajstić information content (AvgIpc) is 3.25. The molecule has 1 aliphatic carbocycles. The normalized spacial score (nSPS) is 12.4. The number of hydrogen-bond donors (Lipinski definition) is 1. The maximum Gasteiger partial charge on any atom is 0.0474 e. The number of para-hydroxylation sites is 1. The molecule has 0 saturated carbocycles. The van der Waals surface area contributed by atoms with Crippen molar-refractivity contribution in [2.75, 3.05) is 10.6 Å². The molecule has 0 atom stereocenters. The predicted molar refractivity (Wildman–Crippen MR) is 240 cm³/mol. The first kappa shape index (κ1) is 32.5. The van der Waals surface area contributed by atoms with Gasteiger partial charge in [0, 0.05) is 33.5 Å². The van der Waals surface area contributed by atoms with E-state index in [9.17, 15) is 0 Å². The van der Waals surface area contributed by atoms with Crippen LogP contribution in [0.4, 0.5) is 22.7 Å². The van der Waals surface area contributed by atoms with Gasteiger partial charge >= 0.3 is 0 Å². The molecule has 1 aliphatic rings. The Hall–Kier alpha value is -6.90. The third kappa shape index (κ3) is 5.40. The van der Waals surface area contributed by atoms with Gasteiger partial charge in [0.1, 0.15) is 0 Å². The van der Waals surface area contributed by atoms with Crippen LogP contribution in [0, 0.1) is 0 Å². The van der Waals surface area contributed by atoms with Gasteiger partial charge in [-0.2, -0.15) is 0 Å². The Morgan fingerprint density at radius 1 is 0.393 bits per heavy atom. The number of nitrogens with zero attached hydrogens (tertiary/aromatic N) is 1. The molecular formula is C54H40N2. The van der Waals surface area contributed by atoms with Crippen LogP contribution < -0.4 is 10.6 Å². The van der Waals surface area contributed by atoms with E-state index in [0.717, 1.165) is 47.8 Å². The molecule has 0 radical (unpaired) electrons. The van der Waals surface area contributed by atoms with E-state index in [4.69, 9.17) is 5.73 Å². The first-order valence-electron chi connectivity index (χ1n) is 19.8. The van der Waals surface area contributed by atoms with Crippen molar-refractivity contribution in [1.82, 2.24) is 0 Å². The molecule has 0 bridgehead atoms. The van der Waals surface area contributed by atoms with Crippen LogP contribution in [0.3, 0.4) is 0 Å². The smallest absolute Gasteiger partial charge is 0.0474 e. The number of nitrogens with two attached hydrogens (primary N) is 1. The molecule has 2 heteroatoms. The summed E-state index contributed by atoms with van der Waals surface area (Å²) in [5.41, 5.74) is 19.4. The second-order valence-corrected chi connectivity index (χ2v) is 15.4. The fourth-order valence-corrected chi connectivity index (χ4v) is 9.40. The van der Waals surface area contributed by atoms with E-state index in [0.29, 0.717) is 0 Å². The molecule has 11 rings (SSSR count). The van der Waals surface area contributed by atoms with Gasteiger partial charge in [0.05, 0.1) is 0 Å². The van der Waals surface area contributed by atoms with Gasteiger partial charge in [0.25, 0.3) is 0 Å². The van der Waals surface area contributed by atoms with Crippen LogP contribution in [0.2, 0.25) is 0 Å². The first-order chi connectivity index (χ1) is 27.7. The molecule has 0 heterocycles. The van der Waals surface area contributed by atoms with Crippen LogP contribution in [-0.4, -0.2) is 0 Å². The SMILES string of the molecule is Nc1c2ccccc2c(-c2cc3c4c(ccc5cc(N(c6ccccc6)c6ccc(CCc7ccccc7)cc6)cc(c54)CC3)c2)c2cc3ccccc3cc12. The van der Waals surface area contributed by atoms with Gasteiger partial charge in [-0.25, -0.2) is 0 Å². The van der Waals surface area contributed by atoms with Crippen molar-refractivity contribution in [1.29, 1.82) is 0 Å². The Balaban J connectivity index is 1.04. The maximum absolute atomic E-state index is 6.95. The lowest BCUT2D eigenvalue weighted by molar-refractivity contribution is 0.960. The van der Waals surface area contributed by atoms with Gasteiger partial charge in [-0.15, -0.1) is 0 Å². The zero-order chi connectivity index (χ0) is 37.2. The highest BCUT2D eigenvalue weighted by atomic mass is 15.1. The number of benzene rings is 10. The fourth-order valence-electron chi connectivity index (χ4n) is 9.40. The van der Waals surface area contributed by atoms with Gasteiger partial charge < -0.3 is 10.6 Å². The summed E-state index contributed by atoms with van der Waals surface area (Å²) in [6.45, 7) is 0. The van der Waals surface area contributed by atoms with Crippen LogP contribution in [0.1, 0.15) is 22.3 Å². The lowest BCUT2D eigenvalue weighted by Gasteiger charge is -2.28. The predicted octanol–water partition coefficient (Wildman–Crippen LogP) is 14.1. The summed E-state index contributed by atoms with van der Waals surface area (Å²) in [4.78, 5) is 2.42. The quantitative estimate of drug-likeness (QED) is 0.101. The molecule has 10 aromatic carbocycles. The molecule has 2 N–H and O–H groups in total. The monoisotopic (exact) mass is 716 g/mol. The highest BCUT2D eigenvalue weighted by Crippen LogP contribution is 2.46. The summed E-state index contributed by atoms with van der Waals surface area (Å²) in [7, 11) is 0. The molecule has 0 amide bonds. The van der Waals surface area contributed by atoms with Gasteiger partial charge in [0.2, 0.25) is 0 Å². The first-order valence-corrected chi connectivity index (χ1v) is 19.8. The maximum atomic E-state index is 6.95. The minimum Gasteiger partial charge on any atom is -0.398 e. The number of nitrogen functional groups attached to an aromatic ring is 1. The Bertz CT molecular complexity index is 3130. The van der Waals surface area contributed by atoms with Crippen molar-refractivity contribution in [3.05, 3.63) is 204 Å². The van der Waals surface area contributed by atoms with Crippen molar-refractivity contribution < 1.29 is 0 Å². The van der Waals surface area contributed by atoms with Crippen LogP contribution in [0.15, 0.2) is 182 Å². The third-order valence-electron chi connectivity index (χ3n) is 12.1. The lowest BCUT2D eigenvalue weighted by Crippen LogP contribution is -2.11. The number of fused-ring (bicyclic) bond motifs is 3. The second kappa shape index (κ2) is 13.1. The average molecular weight is 717 g/mol. The van der Waals surface area contributed by atoms with Crippen molar-refractivity contribution in [3.8, 4) is 11.1 Å². The van der Waals surface area contributed by atoms with E-state index in [-0.39, 0.29) is 0 Å². The Labute approximate surface area is 327 Å². The molecule has 2 nitrogen and oxygen atoms in total. The molecule has 0 aromatic heterocycles. The molecule has 0 unspecified atom stereocenters. The summed E-state index contributed by atoms with van der Waals surface area (Å²) >= 11 is 0. The Morgan fingerprint density at radius 2 is 0.946 bits per heavy atom. The molecule has 266 valence electrons. The third-order valence-corrected chi connectivity index (χ3v) is 12.1. The summed E-state index contributed by atoms with van der Waals surface area (Å²) < 4.78 is 0. The van der Waals surface area contributed by atoms with Crippen molar-refractivity contribution in [3.63, 3.8) is 0 Å². The van der Waals surface area contributed by atoms with E-state index in [2.05, 4.69) is 187 Å². The molecule has 10 aromatic rings. The topological polar surface area (TPSA) is 29.3 Å². The summed E-state index contributed by atoms with van der Waals surface area (Å²) in [5.74, 6) is 0. The minimum atomic E-state index is 0.849. The van der Waals surface area contributed by atoms with Crippen molar-refractivity contribution in [2.24, 2.45) is 0 Å². The van der Waals surface area contributed by atoms with E-state index >= 15 is 0 Å². The van der Waals surface area contributed by atoms with E-state index in [1.54, 1.807) is 0 Å². The number of anilines is 4. The van der Waals surface area contributed by atoms with E-state index < -0.39 is 0 Å². The van der Waals surface area contributed by atoms with Gasteiger partial charge in [0.15, 0.2) is 0 Å². The van der Waals surface area contributed by atoms with Gasteiger partial charge in [-0.3, -0.25) is 0 Å². The van der Waals surface area contributed by atoms with Crippen LogP contribution in [-0.2, 0) is 25.7 Å². The van der Waals surface area contributed by atoms with Crippen molar-refractivity contribution in [2.45, 2.75) is 25.7 Å². The van der Waals surface area contributed by atoms with Crippen molar-refractivity contribution >= 4 is 76.6 Å². The second-order valence-electron chi connectivity index (χ2n) is 15.4.